The fourth-order valence-electron chi connectivity index (χ4n) is 5.51. The Morgan fingerprint density at radius 2 is 1.79 bits per heavy atom. The smallest absolute Gasteiger partial charge is 0.275 e. The van der Waals surface area contributed by atoms with Crippen molar-refractivity contribution in [3.05, 3.63) is 52.6 Å². The highest BCUT2D eigenvalue weighted by atomic mass is 19.3. The van der Waals surface area contributed by atoms with Gasteiger partial charge >= 0.3 is 0 Å². The molecular formula is C27H34F3N7O. The van der Waals surface area contributed by atoms with Gasteiger partial charge in [-0.1, -0.05) is 0 Å². The third kappa shape index (κ3) is 5.94. The zero-order chi connectivity index (χ0) is 26.9. The first-order valence-corrected chi connectivity index (χ1v) is 13.1. The first kappa shape index (κ1) is 26.4. The van der Waals surface area contributed by atoms with Gasteiger partial charge in [-0.3, -0.25) is 10.00 Å². The van der Waals surface area contributed by atoms with E-state index in [0.29, 0.717) is 17.8 Å². The predicted octanol–water partition coefficient (Wildman–Crippen LogP) is 5.91. The summed E-state index contributed by atoms with van der Waals surface area (Å²) in [5, 5.41) is 12.5. The van der Waals surface area contributed by atoms with Crippen molar-refractivity contribution in [2.24, 2.45) is 0 Å². The summed E-state index contributed by atoms with van der Waals surface area (Å²) in [7, 11) is 0. The summed E-state index contributed by atoms with van der Waals surface area (Å²) in [6.45, 7) is 8.11. The van der Waals surface area contributed by atoms with Crippen LogP contribution in [0.15, 0.2) is 24.4 Å². The molecule has 0 radical (unpaired) electrons. The van der Waals surface area contributed by atoms with Gasteiger partial charge in [0.15, 0.2) is 5.82 Å². The van der Waals surface area contributed by atoms with Crippen LogP contribution in [0.5, 0.6) is 0 Å². The molecule has 5 rings (SSSR count). The molecule has 2 fully saturated rings. The van der Waals surface area contributed by atoms with Crippen molar-refractivity contribution in [2.45, 2.75) is 64.3 Å². The number of aromatic nitrogens is 4. The Bertz CT molecular complexity index is 1260. The Morgan fingerprint density at radius 1 is 1.05 bits per heavy atom. The van der Waals surface area contributed by atoms with Crippen LogP contribution >= 0.6 is 0 Å². The summed E-state index contributed by atoms with van der Waals surface area (Å²) in [6, 6.07) is 5.58. The molecule has 204 valence electrons. The van der Waals surface area contributed by atoms with Gasteiger partial charge in [-0.25, -0.2) is 18.2 Å². The molecule has 11 heteroatoms. The van der Waals surface area contributed by atoms with Gasteiger partial charge in [0.1, 0.15) is 11.6 Å². The molecule has 2 aromatic heterocycles. The van der Waals surface area contributed by atoms with Crippen molar-refractivity contribution in [1.82, 2.24) is 25.1 Å². The number of hydrogen-bond acceptors (Lipinski definition) is 7. The lowest BCUT2D eigenvalue weighted by atomic mass is 9.79. The van der Waals surface area contributed by atoms with Crippen molar-refractivity contribution in [3.63, 3.8) is 0 Å². The Balaban J connectivity index is 1.31. The third-order valence-electron chi connectivity index (χ3n) is 7.51. The number of alkyl halides is 2. The number of morpholine rings is 1. The molecule has 8 nitrogen and oxygen atoms in total. The van der Waals surface area contributed by atoms with Gasteiger partial charge in [-0.05, 0) is 68.7 Å². The summed E-state index contributed by atoms with van der Waals surface area (Å²) >= 11 is 0. The first-order chi connectivity index (χ1) is 18.2. The molecule has 1 saturated heterocycles. The number of H-pyrrole nitrogens is 1. The SMILES string of the molecule is Cc1cc(Nc2nc(Nc3cc(C)c([C@H]4CC[C@H](N5CCOCC5)CC4)cc3F)ncc2C(C)(F)F)n[nH]1. The molecule has 3 N–H and O–H groups in total. The largest absolute Gasteiger partial charge is 0.379 e. The van der Waals surface area contributed by atoms with Gasteiger partial charge in [0.25, 0.3) is 5.92 Å². The van der Waals surface area contributed by atoms with E-state index in [1.165, 1.54) is 0 Å². The monoisotopic (exact) mass is 529 g/mol. The Kier molecular flexibility index (Phi) is 7.58. The van der Waals surface area contributed by atoms with Crippen molar-refractivity contribution in [1.29, 1.82) is 0 Å². The number of rotatable bonds is 7. The molecule has 2 aliphatic rings. The second-order valence-corrected chi connectivity index (χ2v) is 10.4. The van der Waals surface area contributed by atoms with Crippen LogP contribution in [-0.2, 0) is 10.7 Å². The molecular weight excluding hydrogens is 495 g/mol. The maximum atomic E-state index is 15.3. The summed E-state index contributed by atoms with van der Waals surface area (Å²) in [4.78, 5) is 10.8. The fourth-order valence-corrected chi connectivity index (χ4v) is 5.51. The van der Waals surface area contributed by atoms with Gasteiger partial charge in [-0.2, -0.15) is 10.1 Å². The quantitative estimate of drug-likeness (QED) is 0.350. The number of aromatic amines is 1. The highest BCUT2D eigenvalue weighted by molar-refractivity contribution is 5.62. The molecule has 0 amide bonds. The van der Waals surface area contributed by atoms with Crippen LogP contribution in [0, 0.1) is 19.7 Å². The van der Waals surface area contributed by atoms with Crippen LogP contribution in [0.25, 0.3) is 0 Å². The summed E-state index contributed by atoms with van der Waals surface area (Å²) < 4.78 is 49.2. The molecule has 1 aliphatic carbocycles. The van der Waals surface area contributed by atoms with Gasteiger partial charge in [-0.15, -0.1) is 0 Å². The topological polar surface area (TPSA) is 91.0 Å². The number of ether oxygens (including phenoxy) is 1. The van der Waals surface area contributed by atoms with Crippen LogP contribution < -0.4 is 10.6 Å². The van der Waals surface area contributed by atoms with E-state index >= 15 is 4.39 Å². The lowest BCUT2D eigenvalue weighted by Gasteiger charge is -2.39. The fraction of sp³-hybridized carbons (Fsp3) is 0.519. The van der Waals surface area contributed by atoms with E-state index in [2.05, 4.69) is 35.7 Å². The number of nitrogens with zero attached hydrogens (tertiary/aromatic N) is 4. The van der Waals surface area contributed by atoms with Crippen LogP contribution in [-0.4, -0.2) is 57.4 Å². The lowest BCUT2D eigenvalue weighted by Crippen LogP contribution is -2.44. The lowest BCUT2D eigenvalue weighted by molar-refractivity contribution is 0.00728. The zero-order valence-corrected chi connectivity index (χ0v) is 22.0. The summed E-state index contributed by atoms with van der Waals surface area (Å²) in [6.07, 6.45) is 5.28. The highest BCUT2D eigenvalue weighted by Gasteiger charge is 2.31. The number of halogens is 3. The maximum absolute atomic E-state index is 15.3. The molecule has 0 atom stereocenters. The van der Waals surface area contributed by atoms with E-state index < -0.39 is 11.7 Å². The zero-order valence-electron chi connectivity index (χ0n) is 22.0. The van der Waals surface area contributed by atoms with Gasteiger partial charge in [0.05, 0.1) is 24.5 Å². The van der Waals surface area contributed by atoms with Crippen molar-refractivity contribution < 1.29 is 17.9 Å². The predicted molar refractivity (Wildman–Crippen MR) is 140 cm³/mol. The second-order valence-electron chi connectivity index (χ2n) is 10.4. The van der Waals surface area contributed by atoms with E-state index in [1.54, 1.807) is 25.1 Å². The van der Waals surface area contributed by atoms with E-state index in [-0.39, 0.29) is 23.0 Å². The standard InChI is InChI=1S/C27H34F3N7O/c1-16-12-23(22(28)14-20(16)18-4-6-19(7-5-18)37-8-10-38-11-9-37)32-26-31-15-21(27(3,29)30)25(34-26)33-24-13-17(2)35-36-24/h12-15,18-19H,4-11H2,1-3H3,(H3,31,32,33,34,35,36)/t18-,19-. The molecule has 38 heavy (non-hydrogen) atoms. The molecule has 0 spiro atoms. The average Bonchev–Trinajstić information content (AvgIpc) is 3.30. The van der Waals surface area contributed by atoms with Crippen LogP contribution in [0.1, 0.15) is 60.9 Å². The highest BCUT2D eigenvalue weighted by Crippen LogP contribution is 2.38. The maximum Gasteiger partial charge on any atom is 0.275 e. The third-order valence-corrected chi connectivity index (χ3v) is 7.51. The molecule has 0 unspecified atom stereocenters. The second kappa shape index (κ2) is 10.9. The first-order valence-electron chi connectivity index (χ1n) is 13.1. The van der Waals surface area contributed by atoms with Gasteiger partial charge in [0, 0.05) is 44.0 Å². The molecule has 1 saturated carbocycles. The summed E-state index contributed by atoms with van der Waals surface area (Å²) in [5.41, 5.74) is 2.57. The number of hydrogen-bond donors (Lipinski definition) is 3. The van der Waals surface area contributed by atoms with Crippen molar-refractivity contribution >= 4 is 23.3 Å². The van der Waals surface area contributed by atoms with Crippen LogP contribution in [0.3, 0.4) is 0 Å². The van der Waals surface area contributed by atoms with E-state index in [4.69, 9.17) is 4.74 Å². The Hall–Kier alpha value is -3.18. The van der Waals surface area contributed by atoms with Gasteiger partial charge < -0.3 is 15.4 Å². The Morgan fingerprint density at radius 3 is 2.45 bits per heavy atom. The van der Waals surface area contributed by atoms with Gasteiger partial charge in [0.2, 0.25) is 5.95 Å². The number of benzene rings is 1. The number of anilines is 4. The number of nitrogens with one attached hydrogen (secondary N) is 3. The normalized spacial score (nSPS) is 20.9. The molecule has 3 heterocycles. The molecule has 3 aromatic rings. The average molecular weight is 530 g/mol. The molecule has 0 bridgehead atoms. The van der Waals surface area contributed by atoms with E-state index in [0.717, 1.165) is 81.9 Å². The van der Waals surface area contributed by atoms with Crippen LogP contribution in [0.4, 0.5) is 36.4 Å². The van der Waals surface area contributed by atoms with Crippen LogP contribution in [0.2, 0.25) is 0 Å². The molecule has 1 aliphatic heterocycles. The minimum Gasteiger partial charge on any atom is -0.379 e. The van der Waals surface area contributed by atoms with E-state index in [9.17, 15) is 8.78 Å². The van der Waals surface area contributed by atoms with Crippen molar-refractivity contribution in [2.75, 3.05) is 36.9 Å². The summed E-state index contributed by atoms with van der Waals surface area (Å²) in [5.74, 6) is -3.06. The number of aryl methyl sites for hydroxylation is 2. The molecule has 1 aromatic carbocycles. The minimum absolute atomic E-state index is 0.00447. The van der Waals surface area contributed by atoms with E-state index in [1.807, 2.05) is 6.92 Å². The van der Waals surface area contributed by atoms with Crippen molar-refractivity contribution in [3.8, 4) is 0 Å². The Labute approximate surface area is 220 Å². The minimum atomic E-state index is -3.18.